The van der Waals surface area contributed by atoms with Gasteiger partial charge in [0.2, 0.25) is 0 Å². The third-order valence-corrected chi connectivity index (χ3v) is 4.19. The number of nitrogens with zero attached hydrogens (tertiary/aromatic N) is 1. The number of hydrogen-bond acceptors (Lipinski definition) is 2. The van der Waals surface area contributed by atoms with E-state index in [0.717, 1.165) is 0 Å². The van der Waals surface area contributed by atoms with E-state index in [4.69, 9.17) is 0 Å². The predicted molar refractivity (Wildman–Crippen MR) is 71.2 cm³/mol. The Labute approximate surface area is 104 Å². The molecule has 0 spiro atoms. The molecule has 1 aromatic carbocycles. The molecule has 2 atom stereocenters. The van der Waals surface area contributed by atoms with E-state index in [1.54, 1.807) is 11.1 Å². The first-order chi connectivity index (χ1) is 8.33. The second-order valence-electron chi connectivity index (χ2n) is 5.56. The molecule has 0 aromatic heterocycles. The van der Waals surface area contributed by atoms with Crippen molar-refractivity contribution in [3.8, 4) is 0 Å². The van der Waals surface area contributed by atoms with Crippen LogP contribution in [-0.4, -0.2) is 31.1 Å². The van der Waals surface area contributed by atoms with Gasteiger partial charge in [-0.15, -0.1) is 0 Å². The average molecular weight is 230 g/mol. The molecule has 0 amide bonds. The highest BCUT2D eigenvalue weighted by molar-refractivity contribution is 5.34. The number of likely N-dealkylation sites (tertiary alicyclic amines) is 1. The topological polar surface area (TPSA) is 15.3 Å². The highest BCUT2D eigenvalue weighted by Gasteiger charge is 2.25. The van der Waals surface area contributed by atoms with Crippen LogP contribution in [0.5, 0.6) is 0 Å². The maximum atomic E-state index is 3.86. The van der Waals surface area contributed by atoms with Gasteiger partial charge < -0.3 is 10.2 Å². The molecule has 1 aliphatic carbocycles. The molecule has 0 radical (unpaired) electrons. The molecule has 3 rings (SSSR count). The Kier molecular flexibility index (Phi) is 3.17. The van der Waals surface area contributed by atoms with Crippen LogP contribution in [0.25, 0.3) is 0 Å². The van der Waals surface area contributed by atoms with E-state index in [1.807, 2.05) is 0 Å². The lowest BCUT2D eigenvalue weighted by Crippen LogP contribution is -2.44. The van der Waals surface area contributed by atoms with Crippen LogP contribution in [0, 0.1) is 0 Å². The number of nitrogens with one attached hydrogen (secondary N) is 1. The molecule has 92 valence electrons. The van der Waals surface area contributed by atoms with Gasteiger partial charge in [-0.3, -0.25) is 0 Å². The van der Waals surface area contributed by atoms with E-state index < -0.39 is 0 Å². The van der Waals surface area contributed by atoms with Crippen LogP contribution < -0.4 is 5.32 Å². The van der Waals surface area contributed by atoms with E-state index >= 15 is 0 Å². The Bertz CT molecular complexity index is 388. The molecule has 0 bridgehead atoms. The number of benzene rings is 1. The van der Waals surface area contributed by atoms with Gasteiger partial charge >= 0.3 is 0 Å². The summed E-state index contributed by atoms with van der Waals surface area (Å²) in [5.74, 6) is 0. The smallest absolute Gasteiger partial charge is 0.0329 e. The molecule has 17 heavy (non-hydrogen) atoms. The van der Waals surface area contributed by atoms with Crippen LogP contribution in [0.15, 0.2) is 24.3 Å². The fourth-order valence-electron chi connectivity index (χ4n) is 3.32. The summed E-state index contributed by atoms with van der Waals surface area (Å²) < 4.78 is 0. The van der Waals surface area contributed by atoms with E-state index in [1.165, 1.54) is 38.8 Å². The van der Waals surface area contributed by atoms with Crippen molar-refractivity contribution in [2.24, 2.45) is 0 Å². The van der Waals surface area contributed by atoms with Crippen molar-refractivity contribution in [3.63, 3.8) is 0 Å². The summed E-state index contributed by atoms with van der Waals surface area (Å²) in [4.78, 5) is 2.45. The Morgan fingerprint density at radius 2 is 2.12 bits per heavy atom. The maximum Gasteiger partial charge on any atom is 0.0329 e. The highest BCUT2D eigenvalue weighted by Crippen LogP contribution is 2.31. The lowest BCUT2D eigenvalue weighted by Gasteiger charge is -2.32. The summed E-state index contributed by atoms with van der Waals surface area (Å²) in [6.07, 6.45) is 5.20. The summed E-state index contributed by atoms with van der Waals surface area (Å²) in [5.41, 5.74) is 3.09. The van der Waals surface area contributed by atoms with Gasteiger partial charge in [-0.1, -0.05) is 24.3 Å². The number of piperidine rings is 1. The van der Waals surface area contributed by atoms with Crippen LogP contribution >= 0.6 is 0 Å². The van der Waals surface area contributed by atoms with E-state index in [0.29, 0.717) is 12.1 Å². The number of likely N-dealkylation sites (N-methyl/N-ethyl adjacent to an activating group) is 1. The Morgan fingerprint density at radius 1 is 1.24 bits per heavy atom. The number of rotatable bonds is 2. The monoisotopic (exact) mass is 230 g/mol. The van der Waals surface area contributed by atoms with Gasteiger partial charge in [0, 0.05) is 18.6 Å². The van der Waals surface area contributed by atoms with Crippen LogP contribution in [0.4, 0.5) is 0 Å². The normalized spacial score (nSPS) is 29.2. The molecule has 1 aromatic rings. The predicted octanol–water partition coefficient (Wildman–Crippen LogP) is 2.36. The second kappa shape index (κ2) is 4.79. The zero-order valence-corrected chi connectivity index (χ0v) is 10.7. The largest absolute Gasteiger partial charge is 0.306 e. The molecular weight excluding hydrogens is 208 g/mol. The van der Waals surface area contributed by atoms with Crippen molar-refractivity contribution >= 4 is 0 Å². The van der Waals surface area contributed by atoms with Crippen molar-refractivity contribution in [1.82, 2.24) is 10.2 Å². The van der Waals surface area contributed by atoms with Gasteiger partial charge in [-0.05, 0) is 50.4 Å². The van der Waals surface area contributed by atoms with Crippen molar-refractivity contribution in [3.05, 3.63) is 35.4 Å². The number of fused-ring (bicyclic) bond motifs is 1. The minimum Gasteiger partial charge on any atom is -0.306 e. The minimum atomic E-state index is 0.600. The molecule has 1 N–H and O–H groups in total. The molecule has 1 fully saturated rings. The fourth-order valence-corrected chi connectivity index (χ4v) is 3.32. The van der Waals surface area contributed by atoms with Gasteiger partial charge in [0.05, 0.1) is 0 Å². The Hall–Kier alpha value is -0.860. The van der Waals surface area contributed by atoms with Crippen LogP contribution in [0.2, 0.25) is 0 Å². The fraction of sp³-hybridized carbons (Fsp3) is 0.600. The number of aryl methyl sites for hydroxylation is 1. The van der Waals surface area contributed by atoms with E-state index in [-0.39, 0.29) is 0 Å². The Balaban J connectivity index is 1.67. The summed E-state index contributed by atoms with van der Waals surface area (Å²) in [6.45, 7) is 2.47. The van der Waals surface area contributed by atoms with Gasteiger partial charge in [0.1, 0.15) is 0 Å². The average Bonchev–Trinajstić information content (AvgIpc) is 2.73. The maximum absolute atomic E-state index is 3.86. The quantitative estimate of drug-likeness (QED) is 0.839. The van der Waals surface area contributed by atoms with Gasteiger partial charge in [-0.2, -0.15) is 0 Å². The van der Waals surface area contributed by atoms with Crippen LogP contribution in [-0.2, 0) is 6.42 Å². The van der Waals surface area contributed by atoms with Gasteiger partial charge in [0.25, 0.3) is 0 Å². The Morgan fingerprint density at radius 3 is 3.00 bits per heavy atom. The third-order valence-electron chi connectivity index (χ3n) is 4.19. The van der Waals surface area contributed by atoms with E-state index in [2.05, 4.69) is 41.5 Å². The molecule has 2 unspecified atom stereocenters. The lowest BCUT2D eigenvalue weighted by atomic mass is 10.0. The SMILES string of the molecule is CN1CCCC(NC2CCc3ccccc32)C1. The van der Waals surface area contributed by atoms with Crippen LogP contribution in [0.3, 0.4) is 0 Å². The van der Waals surface area contributed by atoms with Crippen molar-refractivity contribution in [1.29, 1.82) is 0 Å². The van der Waals surface area contributed by atoms with E-state index in [9.17, 15) is 0 Å². The van der Waals surface area contributed by atoms with Gasteiger partial charge in [-0.25, -0.2) is 0 Å². The molecule has 1 saturated heterocycles. The summed E-state index contributed by atoms with van der Waals surface area (Å²) in [5, 5.41) is 3.86. The standard InChI is InChI=1S/C15H22N2/c1-17-10-4-6-13(11-17)16-15-9-8-12-5-2-3-7-14(12)15/h2-3,5,7,13,15-16H,4,6,8-11H2,1H3. The summed E-state index contributed by atoms with van der Waals surface area (Å²) in [6, 6.07) is 10.2. The number of hydrogen-bond donors (Lipinski definition) is 1. The molecular formula is C15H22N2. The molecule has 1 heterocycles. The summed E-state index contributed by atoms with van der Waals surface area (Å²) in [7, 11) is 2.23. The zero-order valence-electron chi connectivity index (χ0n) is 10.7. The molecule has 2 heteroatoms. The first kappa shape index (κ1) is 11.2. The minimum absolute atomic E-state index is 0.600. The van der Waals surface area contributed by atoms with Gasteiger partial charge in [0.15, 0.2) is 0 Å². The van der Waals surface area contributed by atoms with Crippen molar-refractivity contribution in [2.75, 3.05) is 20.1 Å². The first-order valence-corrected chi connectivity index (χ1v) is 6.85. The lowest BCUT2D eigenvalue weighted by molar-refractivity contribution is 0.216. The third kappa shape index (κ3) is 2.38. The van der Waals surface area contributed by atoms with Crippen LogP contribution in [0.1, 0.15) is 36.4 Å². The van der Waals surface area contributed by atoms with Crippen molar-refractivity contribution < 1.29 is 0 Å². The highest BCUT2D eigenvalue weighted by atomic mass is 15.1. The molecule has 2 nitrogen and oxygen atoms in total. The zero-order chi connectivity index (χ0) is 11.7. The molecule has 1 aliphatic heterocycles. The molecule has 0 saturated carbocycles. The first-order valence-electron chi connectivity index (χ1n) is 6.85. The van der Waals surface area contributed by atoms with Crippen molar-refractivity contribution in [2.45, 2.75) is 37.8 Å². The second-order valence-corrected chi connectivity index (χ2v) is 5.56. The molecule has 2 aliphatic rings. The summed E-state index contributed by atoms with van der Waals surface area (Å²) >= 11 is 0.